The molecule has 0 spiro atoms. The summed E-state index contributed by atoms with van der Waals surface area (Å²) in [6.45, 7) is 8.75. The van der Waals surface area contributed by atoms with Crippen LogP contribution in [0.2, 0.25) is 0 Å². The Kier molecular flexibility index (Phi) is 10.2. The molecule has 6 rings (SSSR count). The number of likely N-dealkylation sites (N-methyl/N-ethyl adjacent to an activating group) is 1. The first-order valence-corrected chi connectivity index (χ1v) is 17.4. The van der Waals surface area contributed by atoms with E-state index in [0.717, 1.165) is 54.9 Å². The van der Waals surface area contributed by atoms with Crippen LogP contribution in [0.4, 0.5) is 4.39 Å². The van der Waals surface area contributed by atoms with Crippen LogP contribution in [0.25, 0.3) is 11.1 Å². The number of Topliss-reactive ketones (excluding diaryl/α,β-unsaturated/α-hetero) is 1. The van der Waals surface area contributed by atoms with Crippen LogP contribution in [-0.4, -0.2) is 86.3 Å². The summed E-state index contributed by atoms with van der Waals surface area (Å²) in [6.07, 6.45) is 3.52. The van der Waals surface area contributed by atoms with Gasteiger partial charge in [0, 0.05) is 18.0 Å². The molecule has 1 aliphatic heterocycles. The number of ether oxygens (including phenoxy) is 2. The quantitative estimate of drug-likeness (QED) is 0.254. The van der Waals surface area contributed by atoms with Crippen LogP contribution in [0.3, 0.4) is 0 Å². The maximum Gasteiger partial charge on any atom is 0.270 e. The van der Waals surface area contributed by atoms with Crippen molar-refractivity contribution in [3.63, 3.8) is 0 Å². The maximum atomic E-state index is 13.0. The van der Waals surface area contributed by atoms with Gasteiger partial charge in [-0.1, -0.05) is 26.0 Å². The Labute approximate surface area is 275 Å². The average molecular weight is 668 g/mol. The summed E-state index contributed by atoms with van der Waals surface area (Å²) >= 11 is 0. The standard InChI is InChI=1S/C25H26FN3O3.C10H16O4S/c1-29(14-16-31-17-15-29)13-12-28-25(30)24-18-20(10-11-27-24)19-2-6-22(7-3-19)32-23-8-4-21(26)5-9-23;1-9(2)7-3-4-10(9,8(11)5-7)6-15(12,13)14/h2-11,18H,12-17H2,1H3;7H,3-6H2,1-2H3,(H,12,13,14). The second-order valence-corrected chi connectivity index (χ2v) is 14.9. The van der Waals surface area contributed by atoms with Crippen molar-refractivity contribution in [3.8, 4) is 22.6 Å². The van der Waals surface area contributed by atoms with Crippen LogP contribution >= 0.6 is 0 Å². The number of quaternary nitrogens is 1. The summed E-state index contributed by atoms with van der Waals surface area (Å²) in [4.78, 5) is 28.7. The number of hydrogen-bond donors (Lipinski definition) is 1. The van der Waals surface area contributed by atoms with E-state index in [1.54, 1.807) is 24.4 Å². The number of benzene rings is 2. The lowest BCUT2D eigenvalue weighted by molar-refractivity contribution is -0.915. The molecule has 3 aromatic rings. The number of halogens is 1. The lowest BCUT2D eigenvalue weighted by Crippen LogP contribution is -2.54. The van der Waals surface area contributed by atoms with Gasteiger partial charge >= 0.3 is 0 Å². The molecule has 2 heterocycles. The molecular weight excluding hydrogens is 625 g/mol. The van der Waals surface area contributed by atoms with Crippen LogP contribution in [0.5, 0.6) is 11.5 Å². The first-order valence-electron chi connectivity index (χ1n) is 15.9. The number of rotatable bonds is 9. The number of fused-ring (bicyclic) bond motifs is 2. The third-order valence-corrected chi connectivity index (χ3v) is 11.1. The third kappa shape index (κ3) is 8.06. The molecule has 12 heteroatoms. The van der Waals surface area contributed by atoms with Gasteiger partial charge in [0.2, 0.25) is 0 Å². The zero-order chi connectivity index (χ0) is 33.9. The summed E-state index contributed by atoms with van der Waals surface area (Å²) in [5.41, 5.74) is 1.00. The maximum absolute atomic E-state index is 13.0. The molecule has 10 nitrogen and oxygen atoms in total. The van der Waals surface area contributed by atoms with Crippen molar-refractivity contribution in [3.05, 3.63) is 78.4 Å². The molecule has 1 aromatic heterocycles. The molecule has 1 saturated heterocycles. The molecule has 2 saturated carbocycles. The first-order chi connectivity index (χ1) is 22.2. The molecule has 2 bridgehead atoms. The summed E-state index contributed by atoms with van der Waals surface area (Å²) in [5.74, 6) is 0.449. The lowest BCUT2D eigenvalue weighted by Gasteiger charge is -2.37. The molecule has 2 atom stereocenters. The molecule has 1 N–H and O–H groups in total. The smallest absolute Gasteiger partial charge is 0.270 e. The van der Waals surface area contributed by atoms with E-state index in [2.05, 4.69) is 17.3 Å². The van der Waals surface area contributed by atoms with E-state index in [1.807, 2.05) is 44.2 Å². The first kappa shape index (κ1) is 34.6. The van der Waals surface area contributed by atoms with Gasteiger partial charge in [0.25, 0.3) is 5.91 Å². The SMILES string of the molecule is CC1(C)C2CCC1(CS(=O)(=O)[O-])C(=O)C2.C[N+]1(CCNC(=O)c2cc(-c3ccc(Oc4ccc(F)cc4)cc3)ccn2)CCOCC1. The number of carbonyl (C=O) groups excluding carboxylic acids is 2. The predicted octanol–water partition coefficient (Wildman–Crippen LogP) is 4.81. The number of hydrogen-bond acceptors (Lipinski definition) is 8. The summed E-state index contributed by atoms with van der Waals surface area (Å²) in [5, 5.41) is 2.99. The van der Waals surface area contributed by atoms with Gasteiger partial charge < -0.3 is 23.8 Å². The van der Waals surface area contributed by atoms with Crippen molar-refractivity contribution < 1.29 is 40.9 Å². The van der Waals surface area contributed by atoms with Crippen LogP contribution < -0.4 is 10.1 Å². The molecule has 2 aromatic carbocycles. The van der Waals surface area contributed by atoms with E-state index in [1.165, 1.54) is 12.1 Å². The van der Waals surface area contributed by atoms with E-state index in [4.69, 9.17) is 9.47 Å². The second-order valence-electron chi connectivity index (χ2n) is 13.5. The Hall–Kier alpha value is -3.71. The highest BCUT2D eigenvalue weighted by Gasteiger charge is 2.64. The monoisotopic (exact) mass is 667 g/mol. The van der Waals surface area contributed by atoms with Gasteiger partial charge in [0.1, 0.15) is 41.9 Å². The van der Waals surface area contributed by atoms with Gasteiger partial charge in [-0.25, -0.2) is 12.8 Å². The number of ketones is 1. The number of nitrogens with one attached hydrogen (secondary N) is 1. The average Bonchev–Trinajstić information content (AvgIpc) is 3.37. The Morgan fingerprint density at radius 2 is 1.70 bits per heavy atom. The van der Waals surface area contributed by atoms with E-state index in [-0.39, 0.29) is 28.8 Å². The fraction of sp³-hybridized carbons (Fsp3) is 0.457. The lowest BCUT2D eigenvalue weighted by atomic mass is 9.70. The topological polar surface area (TPSA) is 135 Å². The zero-order valence-corrected chi connectivity index (χ0v) is 27.9. The van der Waals surface area contributed by atoms with Crippen molar-refractivity contribution in [1.82, 2.24) is 10.3 Å². The van der Waals surface area contributed by atoms with Gasteiger partial charge in [-0.3, -0.25) is 14.6 Å². The Morgan fingerprint density at radius 1 is 1.06 bits per heavy atom. The van der Waals surface area contributed by atoms with E-state index < -0.39 is 21.3 Å². The summed E-state index contributed by atoms with van der Waals surface area (Å²) in [6, 6.07) is 17.0. The molecule has 2 aliphatic carbocycles. The highest BCUT2D eigenvalue weighted by atomic mass is 32.2. The number of amides is 1. The fourth-order valence-corrected chi connectivity index (χ4v) is 8.32. The highest BCUT2D eigenvalue weighted by Crippen LogP contribution is 2.64. The highest BCUT2D eigenvalue weighted by molar-refractivity contribution is 7.85. The third-order valence-electron chi connectivity index (χ3n) is 10.3. The normalized spacial score (nSPS) is 22.7. The molecule has 3 aliphatic rings. The molecular formula is C35H42FN3O7S. The number of aromatic nitrogens is 1. The molecule has 0 radical (unpaired) electrons. The van der Waals surface area contributed by atoms with Crippen LogP contribution in [0.1, 0.15) is 43.6 Å². The van der Waals surface area contributed by atoms with Crippen molar-refractivity contribution in [2.75, 3.05) is 52.2 Å². The molecule has 1 amide bonds. The van der Waals surface area contributed by atoms with Gasteiger partial charge in [0.15, 0.2) is 0 Å². The van der Waals surface area contributed by atoms with Crippen molar-refractivity contribution in [1.29, 1.82) is 0 Å². The van der Waals surface area contributed by atoms with Gasteiger partial charge in [-0.2, -0.15) is 0 Å². The Bertz CT molecular complexity index is 1690. The van der Waals surface area contributed by atoms with Gasteiger partial charge in [-0.15, -0.1) is 0 Å². The Balaban J connectivity index is 0.000000241. The van der Waals surface area contributed by atoms with Crippen molar-refractivity contribution in [2.45, 2.75) is 33.1 Å². The van der Waals surface area contributed by atoms with Crippen molar-refractivity contribution >= 4 is 21.8 Å². The van der Waals surface area contributed by atoms with Crippen molar-refractivity contribution in [2.24, 2.45) is 16.7 Å². The Morgan fingerprint density at radius 3 is 2.28 bits per heavy atom. The van der Waals surface area contributed by atoms with Crippen LogP contribution in [-0.2, 0) is 19.6 Å². The minimum atomic E-state index is -4.33. The van der Waals surface area contributed by atoms with Gasteiger partial charge in [-0.05, 0) is 83.8 Å². The fourth-order valence-electron chi connectivity index (χ4n) is 7.04. The molecule has 3 fully saturated rings. The van der Waals surface area contributed by atoms with Crippen LogP contribution in [0.15, 0.2) is 66.9 Å². The molecule has 252 valence electrons. The minimum Gasteiger partial charge on any atom is -0.748 e. The number of nitrogens with zero attached hydrogens (tertiary/aromatic N) is 2. The molecule has 2 unspecified atom stereocenters. The second kappa shape index (κ2) is 13.8. The number of pyridine rings is 1. The predicted molar refractivity (Wildman–Crippen MR) is 173 cm³/mol. The van der Waals surface area contributed by atoms with E-state index >= 15 is 0 Å². The van der Waals surface area contributed by atoms with E-state index in [0.29, 0.717) is 36.6 Å². The van der Waals surface area contributed by atoms with Gasteiger partial charge in [0.05, 0.1) is 49.2 Å². The molecule has 47 heavy (non-hydrogen) atoms. The van der Waals surface area contributed by atoms with E-state index in [9.17, 15) is 27.0 Å². The summed E-state index contributed by atoms with van der Waals surface area (Å²) < 4.78 is 57.8. The zero-order valence-electron chi connectivity index (χ0n) is 27.0. The number of carbonyl (C=O) groups is 2. The summed E-state index contributed by atoms with van der Waals surface area (Å²) in [7, 11) is -2.13. The largest absolute Gasteiger partial charge is 0.748 e. The number of morpholine rings is 1. The van der Waals surface area contributed by atoms with Crippen LogP contribution in [0, 0.1) is 22.6 Å². The minimum absolute atomic E-state index is 0.0248.